The molecule has 14 heavy (non-hydrogen) atoms. The Labute approximate surface area is 86.9 Å². The van der Waals surface area contributed by atoms with Crippen LogP contribution in [0.3, 0.4) is 0 Å². The zero-order valence-electron chi connectivity index (χ0n) is 9.60. The van der Waals surface area contributed by atoms with Crippen molar-refractivity contribution in [3.05, 3.63) is 0 Å². The second-order valence-corrected chi connectivity index (χ2v) is 3.94. The van der Waals surface area contributed by atoms with Gasteiger partial charge in [0.25, 0.3) is 0 Å². The van der Waals surface area contributed by atoms with Gasteiger partial charge in [-0.2, -0.15) is 0 Å². The highest BCUT2D eigenvalue weighted by Crippen LogP contribution is 2.32. The fraction of sp³-hybridized carbons (Fsp3) is 0.909. The number of carbonyl (C=O) groups is 1. The van der Waals surface area contributed by atoms with Gasteiger partial charge in [-0.15, -0.1) is 0 Å². The molecule has 3 heteroatoms. The molecule has 1 amide bonds. The van der Waals surface area contributed by atoms with Crippen LogP contribution >= 0.6 is 0 Å². The summed E-state index contributed by atoms with van der Waals surface area (Å²) >= 11 is 0. The summed E-state index contributed by atoms with van der Waals surface area (Å²) in [6, 6.07) is 0. The van der Waals surface area contributed by atoms with E-state index in [4.69, 9.17) is 0 Å². The molecule has 1 spiro atoms. The summed E-state index contributed by atoms with van der Waals surface area (Å²) in [6.07, 6.45) is 4.48. The van der Waals surface area contributed by atoms with Crippen LogP contribution in [0, 0.1) is 0 Å². The standard InChI is InChI=1S/C9H16N2O.C2H6/c1-11-7-6-10-9(8(11)12)4-2-3-5-9;1-2/h10H,2-7H2,1H3;1-2H3. The molecule has 3 nitrogen and oxygen atoms in total. The van der Waals surface area contributed by atoms with Crippen LogP contribution in [0.1, 0.15) is 39.5 Å². The third-order valence-electron chi connectivity index (χ3n) is 3.12. The Balaban J connectivity index is 0.000000461. The molecule has 0 atom stereocenters. The molecule has 1 N–H and O–H groups in total. The number of nitrogens with one attached hydrogen (secondary N) is 1. The molecule has 0 radical (unpaired) electrons. The zero-order valence-corrected chi connectivity index (χ0v) is 9.60. The fourth-order valence-corrected chi connectivity index (χ4v) is 2.37. The van der Waals surface area contributed by atoms with Crippen LogP contribution in [0.5, 0.6) is 0 Å². The van der Waals surface area contributed by atoms with E-state index in [0.717, 1.165) is 25.9 Å². The maximum absolute atomic E-state index is 11.8. The lowest BCUT2D eigenvalue weighted by Gasteiger charge is -2.38. The lowest BCUT2D eigenvalue weighted by atomic mass is 9.94. The first-order valence-corrected chi connectivity index (χ1v) is 5.75. The second-order valence-electron chi connectivity index (χ2n) is 3.94. The quantitative estimate of drug-likeness (QED) is 0.638. The Morgan fingerprint density at radius 1 is 1.29 bits per heavy atom. The summed E-state index contributed by atoms with van der Waals surface area (Å²) in [5.74, 6) is 0.311. The van der Waals surface area contributed by atoms with Gasteiger partial charge in [0, 0.05) is 20.1 Å². The summed E-state index contributed by atoms with van der Waals surface area (Å²) in [5.41, 5.74) is -0.160. The number of hydrogen-bond acceptors (Lipinski definition) is 2. The van der Waals surface area contributed by atoms with Gasteiger partial charge in [-0.1, -0.05) is 26.7 Å². The molecule has 0 aromatic rings. The van der Waals surface area contributed by atoms with Crippen LogP contribution < -0.4 is 5.32 Å². The van der Waals surface area contributed by atoms with Crippen molar-refractivity contribution < 1.29 is 4.79 Å². The molecule has 1 saturated carbocycles. The van der Waals surface area contributed by atoms with Crippen molar-refractivity contribution in [1.29, 1.82) is 0 Å². The third kappa shape index (κ3) is 1.92. The van der Waals surface area contributed by atoms with Crippen LogP contribution in [-0.2, 0) is 4.79 Å². The molecule has 1 saturated heterocycles. The molecule has 82 valence electrons. The van der Waals surface area contributed by atoms with E-state index in [1.807, 2.05) is 25.8 Å². The maximum Gasteiger partial charge on any atom is 0.242 e. The van der Waals surface area contributed by atoms with Crippen LogP contribution in [0.15, 0.2) is 0 Å². The number of piperazine rings is 1. The lowest BCUT2D eigenvalue weighted by Crippen LogP contribution is -2.61. The lowest BCUT2D eigenvalue weighted by molar-refractivity contribution is -0.139. The first kappa shape index (κ1) is 11.5. The molecule has 0 bridgehead atoms. The number of likely N-dealkylation sites (N-methyl/N-ethyl adjacent to an activating group) is 1. The summed E-state index contributed by atoms with van der Waals surface area (Å²) in [4.78, 5) is 13.7. The van der Waals surface area contributed by atoms with Gasteiger partial charge in [0.15, 0.2) is 0 Å². The average Bonchev–Trinajstić information content (AvgIpc) is 2.67. The van der Waals surface area contributed by atoms with E-state index in [1.54, 1.807) is 0 Å². The number of rotatable bonds is 0. The average molecular weight is 198 g/mol. The zero-order chi connectivity index (χ0) is 10.6. The molecular weight excluding hydrogens is 176 g/mol. The van der Waals surface area contributed by atoms with Crippen molar-refractivity contribution in [3.63, 3.8) is 0 Å². The molecule has 2 fully saturated rings. The van der Waals surface area contributed by atoms with Crippen LogP contribution in [-0.4, -0.2) is 36.5 Å². The van der Waals surface area contributed by atoms with Crippen LogP contribution in [0.4, 0.5) is 0 Å². The largest absolute Gasteiger partial charge is 0.343 e. The Morgan fingerprint density at radius 2 is 1.86 bits per heavy atom. The first-order valence-electron chi connectivity index (χ1n) is 5.75. The number of carbonyl (C=O) groups excluding carboxylic acids is 1. The van der Waals surface area contributed by atoms with Crippen LogP contribution in [0.2, 0.25) is 0 Å². The van der Waals surface area contributed by atoms with E-state index >= 15 is 0 Å². The van der Waals surface area contributed by atoms with Gasteiger partial charge in [0.2, 0.25) is 5.91 Å². The summed E-state index contributed by atoms with van der Waals surface area (Å²) in [7, 11) is 1.91. The van der Waals surface area contributed by atoms with E-state index < -0.39 is 0 Å². The normalized spacial score (nSPS) is 24.8. The molecule has 0 unspecified atom stereocenters. The summed E-state index contributed by atoms with van der Waals surface area (Å²) < 4.78 is 0. The van der Waals surface area contributed by atoms with Gasteiger partial charge in [-0.3, -0.25) is 4.79 Å². The summed E-state index contributed by atoms with van der Waals surface area (Å²) in [6.45, 7) is 5.82. The molecule has 0 aromatic carbocycles. The van der Waals surface area contributed by atoms with Crippen molar-refractivity contribution in [3.8, 4) is 0 Å². The molecule has 1 aliphatic heterocycles. The maximum atomic E-state index is 11.8. The minimum Gasteiger partial charge on any atom is -0.343 e. The molecule has 2 aliphatic rings. The Morgan fingerprint density at radius 3 is 2.43 bits per heavy atom. The molecule has 2 rings (SSSR count). The molecule has 1 aliphatic carbocycles. The summed E-state index contributed by atoms with van der Waals surface area (Å²) in [5, 5.41) is 3.38. The number of amides is 1. The van der Waals surface area contributed by atoms with E-state index in [0.29, 0.717) is 5.91 Å². The monoisotopic (exact) mass is 198 g/mol. The Hall–Kier alpha value is -0.570. The third-order valence-corrected chi connectivity index (χ3v) is 3.12. The van der Waals surface area contributed by atoms with Crippen molar-refractivity contribution in [2.45, 2.75) is 45.1 Å². The van der Waals surface area contributed by atoms with E-state index in [1.165, 1.54) is 12.8 Å². The fourth-order valence-electron chi connectivity index (χ4n) is 2.37. The highest BCUT2D eigenvalue weighted by molar-refractivity contribution is 5.87. The van der Waals surface area contributed by atoms with Gasteiger partial charge in [0.05, 0.1) is 5.54 Å². The van der Waals surface area contributed by atoms with Crippen LogP contribution in [0.25, 0.3) is 0 Å². The van der Waals surface area contributed by atoms with Gasteiger partial charge in [-0.25, -0.2) is 0 Å². The number of hydrogen-bond donors (Lipinski definition) is 1. The highest BCUT2D eigenvalue weighted by atomic mass is 16.2. The van der Waals surface area contributed by atoms with Gasteiger partial charge in [-0.05, 0) is 12.8 Å². The van der Waals surface area contributed by atoms with Gasteiger partial charge in [0.1, 0.15) is 0 Å². The van der Waals surface area contributed by atoms with Crippen molar-refractivity contribution in [2.75, 3.05) is 20.1 Å². The van der Waals surface area contributed by atoms with Crippen molar-refractivity contribution >= 4 is 5.91 Å². The Kier molecular flexibility index (Phi) is 3.93. The topological polar surface area (TPSA) is 32.3 Å². The Bertz CT molecular complexity index is 197. The number of nitrogens with zero attached hydrogens (tertiary/aromatic N) is 1. The van der Waals surface area contributed by atoms with Gasteiger partial charge >= 0.3 is 0 Å². The second kappa shape index (κ2) is 4.78. The SMILES string of the molecule is CC.CN1CCNC2(CCCC2)C1=O. The molecule has 1 heterocycles. The molecular formula is C11H22N2O. The van der Waals surface area contributed by atoms with Crippen molar-refractivity contribution in [2.24, 2.45) is 0 Å². The van der Waals surface area contributed by atoms with E-state index in [-0.39, 0.29) is 5.54 Å². The minimum absolute atomic E-state index is 0.160. The van der Waals surface area contributed by atoms with E-state index in [2.05, 4.69) is 5.32 Å². The van der Waals surface area contributed by atoms with E-state index in [9.17, 15) is 4.79 Å². The van der Waals surface area contributed by atoms with Crippen molar-refractivity contribution in [1.82, 2.24) is 10.2 Å². The first-order chi connectivity index (χ1) is 6.75. The predicted octanol–water partition coefficient (Wildman–Crippen LogP) is 1.39. The smallest absolute Gasteiger partial charge is 0.242 e. The molecule has 0 aromatic heterocycles. The minimum atomic E-state index is -0.160. The predicted molar refractivity (Wildman–Crippen MR) is 58.2 cm³/mol. The van der Waals surface area contributed by atoms with Gasteiger partial charge < -0.3 is 10.2 Å². The highest BCUT2D eigenvalue weighted by Gasteiger charge is 2.44.